The maximum Gasteiger partial charge on any atom is 0.264 e. The van der Waals surface area contributed by atoms with Crippen LogP contribution in [0.25, 0.3) is 10.2 Å². The van der Waals surface area contributed by atoms with Crippen LogP contribution < -0.4 is 4.72 Å². The van der Waals surface area contributed by atoms with Crippen molar-refractivity contribution >= 4 is 68.6 Å². The molecule has 9 heteroatoms. The molecule has 0 aliphatic rings. The van der Waals surface area contributed by atoms with Crippen molar-refractivity contribution in [3.05, 3.63) is 51.2 Å². The number of thiazole rings is 1. The predicted octanol–water partition coefficient (Wildman–Crippen LogP) is 4.76. The third kappa shape index (κ3) is 3.17. The van der Waals surface area contributed by atoms with E-state index in [-0.39, 0.29) is 15.8 Å². The van der Waals surface area contributed by atoms with Gasteiger partial charge < -0.3 is 0 Å². The van der Waals surface area contributed by atoms with Crippen LogP contribution in [0.4, 0.5) is 9.52 Å². The molecule has 0 spiro atoms. The lowest BCUT2D eigenvalue weighted by Gasteiger charge is -2.07. The minimum Gasteiger partial charge on any atom is -0.255 e. The second-order valence-electron chi connectivity index (χ2n) is 4.31. The molecule has 0 aliphatic carbocycles. The van der Waals surface area contributed by atoms with Gasteiger partial charge in [-0.1, -0.05) is 27.3 Å². The summed E-state index contributed by atoms with van der Waals surface area (Å²) in [5.74, 6) is -0.389. The first kappa shape index (κ1) is 15.9. The summed E-state index contributed by atoms with van der Waals surface area (Å²) in [5.41, 5.74) is 0.539. The third-order valence-corrected chi connectivity index (χ3v) is 6.64. The standard InChI is InChI=1S/C13H7Br2FN2O2S2/c14-7-1-3-9(15)12(5-7)22(19,20)18-13-17-10-4-2-8(16)6-11(10)21-13/h1-6H,(H,17,18). The zero-order chi connectivity index (χ0) is 15.9. The maximum atomic E-state index is 13.2. The van der Waals surface area contributed by atoms with Gasteiger partial charge in [-0.25, -0.2) is 17.8 Å². The van der Waals surface area contributed by atoms with Gasteiger partial charge in [0.1, 0.15) is 10.7 Å². The predicted molar refractivity (Wildman–Crippen MR) is 92.2 cm³/mol. The average molecular weight is 466 g/mol. The minimum absolute atomic E-state index is 0.0901. The molecule has 0 fully saturated rings. The van der Waals surface area contributed by atoms with Gasteiger partial charge in [-0.05, 0) is 52.3 Å². The van der Waals surface area contributed by atoms with Crippen LogP contribution >= 0.6 is 43.2 Å². The average Bonchev–Trinajstić information content (AvgIpc) is 2.81. The molecular formula is C13H7Br2FN2O2S2. The van der Waals surface area contributed by atoms with Crippen molar-refractivity contribution in [1.82, 2.24) is 4.98 Å². The zero-order valence-electron chi connectivity index (χ0n) is 10.7. The van der Waals surface area contributed by atoms with E-state index in [9.17, 15) is 12.8 Å². The van der Waals surface area contributed by atoms with Crippen molar-refractivity contribution in [3.63, 3.8) is 0 Å². The normalized spacial score (nSPS) is 11.8. The molecule has 0 atom stereocenters. The highest BCUT2D eigenvalue weighted by Crippen LogP contribution is 2.31. The van der Waals surface area contributed by atoms with Crippen LogP contribution in [0.1, 0.15) is 0 Å². The van der Waals surface area contributed by atoms with Gasteiger partial charge in [0.2, 0.25) is 0 Å². The Morgan fingerprint density at radius 2 is 1.91 bits per heavy atom. The molecule has 1 aromatic heterocycles. The molecule has 0 unspecified atom stereocenters. The fourth-order valence-corrected chi connectivity index (χ4v) is 5.42. The number of hydrogen-bond donors (Lipinski definition) is 1. The van der Waals surface area contributed by atoms with E-state index in [0.29, 0.717) is 19.2 Å². The number of fused-ring (bicyclic) bond motifs is 1. The van der Waals surface area contributed by atoms with E-state index in [1.165, 1.54) is 24.3 Å². The molecule has 22 heavy (non-hydrogen) atoms. The minimum atomic E-state index is -3.80. The second kappa shape index (κ2) is 5.88. The zero-order valence-corrected chi connectivity index (χ0v) is 15.5. The van der Waals surface area contributed by atoms with Crippen molar-refractivity contribution in [2.45, 2.75) is 4.90 Å². The van der Waals surface area contributed by atoms with E-state index in [0.717, 1.165) is 11.3 Å². The van der Waals surface area contributed by atoms with Gasteiger partial charge in [-0.3, -0.25) is 4.72 Å². The van der Waals surface area contributed by atoms with Crippen molar-refractivity contribution < 1.29 is 12.8 Å². The van der Waals surface area contributed by atoms with E-state index < -0.39 is 10.0 Å². The SMILES string of the molecule is O=S(=O)(Nc1nc2ccc(F)cc2s1)c1cc(Br)ccc1Br. The molecule has 1 N–H and O–H groups in total. The first-order valence-corrected chi connectivity index (χ1v) is 9.78. The number of nitrogens with one attached hydrogen (secondary N) is 1. The Morgan fingerprint density at radius 1 is 1.14 bits per heavy atom. The van der Waals surface area contributed by atoms with E-state index in [2.05, 4.69) is 41.6 Å². The van der Waals surface area contributed by atoms with Gasteiger partial charge >= 0.3 is 0 Å². The highest BCUT2D eigenvalue weighted by molar-refractivity contribution is 9.11. The smallest absolute Gasteiger partial charge is 0.255 e. The number of rotatable bonds is 3. The summed E-state index contributed by atoms with van der Waals surface area (Å²) in [6.45, 7) is 0. The largest absolute Gasteiger partial charge is 0.264 e. The summed E-state index contributed by atoms with van der Waals surface area (Å²) in [5, 5.41) is 0.187. The summed E-state index contributed by atoms with van der Waals surface area (Å²) in [6, 6.07) is 8.95. The lowest BCUT2D eigenvalue weighted by molar-refractivity contribution is 0.600. The number of aromatic nitrogens is 1. The molecule has 4 nitrogen and oxygen atoms in total. The molecule has 0 aliphatic heterocycles. The van der Waals surface area contributed by atoms with Crippen LogP contribution in [0.2, 0.25) is 0 Å². The van der Waals surface area contributed by atoms with E-state index in [1.54, 1.807) is 12.1 Å². The van der Waals surface area contributed by atoms with Crippen LogP contribution in [0, 0.1) is 5.82 Å². The molecule has 0 saturated carbocycles. The van der Waals surface area contributed by atoms with Crippen molar-refractivity contribution in [2.24, 2.45) is 0 Å². The number of sulfonamides is 1. The first-order chi connectivity index (χ1) is 10.3. The van der Waals surface area contributed by atoms with E-state index in [4.69, 9.17) is 0 Å². The third-order valence-electron chi connectivity index (χ3n) is 2.75. The Morgan fingerprint density at radius 3 is 2.68 bits per heavy atom. The monoisotopic (exact) mass is 464 g/mol. The highest BCUT2D eigenvalue weighted by atomic mass is 79.9. The molecule has 0 saturated heterocycles. The molecule has 2 aromatic carbocycles. The molecule has 3 rings (SSSR count). The maximum absolute atomic E-state index is 13.2. The van der Waals surface area contributed by atoms with Gasteiger partial charge in [-0.2, -0.15) is 0 Å². The molecule has 1 heterocycles. The van der Waals surface area contributed by atoms with Gasteiger partial charge in [-0.15, -0.1) is 0 Å². The van der Waals surface area contributed by atoms with Crippen molar-refractivity contribution in [3.8, 4) is 0 Å². The Labute approximate surface area is 146 Å². The lowest BCUT2D eigenvalue weighted by atomic mass is 10.3. The fraction of sp³-hybridized carbons (Fsp3) is 0. The Bertz CT molecular complexity index is 973. The van der Waals surface area contributed by atoms with Gasteiger partial charge in [0.05, 0.1) is 10.2 Å². The molecule has 0 radical (unpaired) electrons. The van der Waals surface area contributed by atoms with Crippen LogP contribution in [0.15, 0.2) is 50.2 Å². The van der Waals surface area contributed by atoms with Gasteiger partial charge in [0.25, 0.3) is 10.0 Å². The molecule has 3 aromatic rings. The molecule has 0 amide bonds. The highest BCUT2D eigenvalue weighted by Gasteiger charge is 2.20. The number of halogens is 3. The topological polar surface area (TPSA) is 59.1 Å². The second-order valence-corrected chi connectivity index (χ2v) is 8.76. The van der Waals surface area contributed by atoms with Crippen LogP contribution in [-0.2, 0) is 10.0 Å². The van der Waals surface area contributed by atoms with Crippen molar-refractivity contribution in [2.75, 3.05) is 4.72 Å². The Hall–Kier alpha value is -1.03. The van der Waals surface area contributed by atoms with Gasteiger partial charge in [0, 0.05) is 8.95 Å². The number of benzene rings is 2. The fourth-order valence-electron chi connectivity index (χ4n) is 1.80. The van der Waals surface area contributed by atoms with Gasteiger partial charge in [0.15, 0.2) is 5.13 Å². The van der Waals surface area contributed by atoms with Crippen LogP contribution in [-0.4, -0.2) is 13.4 Å². The summed E-state index contributed by atoms with van der Waals surface area (Å²) >= 11 is 7.53. The summed E-state index contributed by atoms with van der Waals surface area (Å²) in [4.78, 5) is 4.24. The van der Waals surface area contributed by atoms with Crippen molar-refractivity contribution in [1.29, 1.82) is 0 Å². The molecule has 114 valence electrons. The molecular weight excluding hydrogens is 459 g/mol. The van der Waals surface area contributed by atoms with Crippen LogP contribution in [0.5, 0.6) is 0 Å². The lowest BCUT2D eigenvalue weighted by Crippen LogP contribution is -2.13. The Kier molecular flexibility index (Phi) is 4.23. The van der Waals surface area contributed by atoms with E-state index >= 15 is 0 Å². The number of nitrogens with zero attached hydrogens (tertiary/aromatic N) is 1. The summed E-state index contributed by atoms with van der Waals surface area (Å²) in [7, 11) is -3.80. The van der Waals surface area contributed by atoms with Crippen LogP contribution in [0.3, 0.4) is 0 Å². The Balaban J connectivity index is 2.00. The quantitative estimate of drug-likeness (QED) is 0.606. The summed E-state index contributed by atoms with van der Waals surface area (Å²) in [6.07, 6.45) is 0. The summed E-state index contributed by atoms with van der Waals surface area (Å²) < 4.78 is 42.1. The first-order valence-electron chi connectivity index (χ1n) is 5.89. The number of hydrogen-bond acceptors (Lipinski definition) is 4. The number of anilines is 1. The van der Waals surface area contributed by atoms with E-state index in [1.807, 2.05) is 0 Å². The molecule has 0 bridgehead atoms.